The number of para-hydroxylation sites is 2. The fourth-order valence-electron chi connectivity index (χ4n) is 3.04. The summed E-state index contributed by atoms with van der Waals surface area (Å²) in [5, 5.41) is 0.706. The quantitative estimate of drug-likeness (QED) is 0.452. The first-order valence-electron chi connectivity index (χ1n) is 8.61. The molecule has 0 fully saturated rings. The average molecular weight is 363 g/mol. The molecule has 0 atom stereocenters. The van der Waals surface area contributed by atoms with Crippen molar-refractivity contribution < 1.29 is 4.74 Å². The van der Waals surface area contributed by atoms with E-state index in [4.69, 9.17) is 21.3 Å². The van der Waals surface area contributed by atoms with Crippen LogP contribution < -0.4 is 4.74 Å². The molecular formula is C22H19ClN2O. The van der Waals surface area contributed by atoms with E-state index in [0.717, 1.165) is 28.2 Å². The van der Waals surface area contributed by atoms with Crippen LogP contribution in [0, 0.1) is 6.92 Å². The number of rotatable bonds is 5. The molecule has 4 heteroatoms. The molecule has 0 radical (unpaired) electrons. The summed E-state index contributed by atoms with van der Waals surface area (Å²) >= 11 is 6.18. The maximum atomic E-state index is 6.18. The van der Waals surface area contributed by atoms with Crippen LogP contribution in [0.3, 0.4) is 0 Å². The van der Waals surface area contributed by atoms with Gasteiger partial charge >= 0.3 is 0 Å². The highest BCUT2D eigenvalue weighted by atomic mass is 35.5. The Balaban J connectivity index is 1.64. The second kappa shape index (κ2) is 7.22. The van der Waals surface area contributed by atoms with Gasteiger partial charge in [-0.05, 0) is 43.3 Å². The number of ether oxygens (including phenoxy) is 1. The van der Waals surface area contributed by atoms with Crippen molar-refractivity contribution >= 4 is 22.6 Å². The van der Waals surface area contributed by atoms with E-state index >= 15 is 0 Å². The molecule has 4 aromatic rings. The monoisotopic (exact) mass is 362 g/mol. The molecule has 3 aromatic carbocycles. The largest absolute Gasteiger partial charge is 0.492 e. The molecule has 1 aromatic heterocycles. The number of imidazole rings is 1. The summed E-state index contributed by atoms with van der Waals surface area (Å²) in [6.45, 7) is 3.34. The van der Waals surface area contributed by atoms with E-state index in [1.165, 1.54) is 5.56 Å². The third kappa shape index (κ3) is 3.44. The lowest BCUT2D eigenvalue weighted by atomic mass is 10.2. The Labute approximate surface area is 157 Å². The first-order valence-corrected chi connectivity index (χ1v) is 8.99. The van der Waals surface area contributed by atoms with Crippen LogP contribution in [-0.2, 0) is 6.54 Å². The van der Waals surface area contributed by atoms with Crippen molar-refractivity contribution in [3.8, 4) is 17.1 Å². The number of nitrogens with zero attached hydrogens (tertiary/aromatic N) is 2. The average Bonchev–Trinajstić information content (AvgIpc) is 3.02. The van der Waals surface area contributed by atoms with Crippen LogP contribution in [0.5, 0.6) is 5.75 Å². The van der Waals surface area contributed by atoms with Gasteiger partial charge in [0.15, 0.2) is 0 Å². The van der Waals surface area contributed by atoms with Crippen molar-refractivity contribution in [3.05, 3.63) is 83.4 Å². The zero-order valence-electron chi connectivity index (χ0n) is 14.5. The number of hydrogen-bond donors (Lipinski definition) is 0. The van der Waals surface area contributed by atoms with Crippen molar-refractivity contribution in [2.45, 2.75) is 13.5 Å². The molecule has 1 heterocycles. The summed E-state index contributed by atoms with van der Waals surface area (Å²) in [4.78, 5) is 4.81. The molecule has 4 rings (SSSR count). The van der Waals surface area contributed by atoms with Gasteiger partial charge in [-0.15, -0.1) is 0 Å². The Bertz CT molecular complexity index is 1040. The topological polar surface area (TPSA) is 27.1 Å². The molecule has 26 heavy (non-hydrogen) atoms. The summed E-state index contributed by atoms with van der Waals surface area (Å²) in [5.41, 5.74) is 4.29. The summed E-state index contributed by atoms with van der Waals surface area (Å²) in [6, 6.07) is 24.1. The van der Waals surface area contributed by atoms with Gasteiger partial charge in [-0.3, -0.25) is 0 Å². The molecule has 0 aliphatic heterocycles. The molecule has 0 bridgehead atoms. The third-order valence-corrected chi connectivity index (χ3v) is 4.58. The molecule has 0 aliphatic rings. The standard InChI is InChI=1S/C22H19ClN2O/c1-16-9-11-19(12-10-16)26-14-13-25-21-8-3-2-7-20(21)24-22(25)17-5-4-6-18(23)15-17/h2-12,15H,13-14H2,1H3. The second-order valence-electron chi connectivity index (χ2n) is 6.25. The van der Waals surface area contributed by atoms with Gasteiger partial charge in [0.25, 0.3) is 0 Å². The van der Waals surface area contributed by atoms with Crippen LogP contribution in [0.4, 0.5) is 0 Å². The van der Waals surface area contributed by atoms with Crippen LogP contribution in [0.1, 0.15) is 5.56 Å². The minimum atomic E-state index is 0.566. The van der Waals surface area contributed by atoms with E-state index in [0.29, 0.717) is 18.2 Å². The van der Waals surface area contributed by atoms with E-state index < -0.39 is 0 Å². The summed E-state index contributed by atoms with van der Waals surface area (Å²) in [6.07, 6.45) is 0. The highest BCUT2D eigenvalue weighted by Crippen LogP contribution is 2.26. The van der Waals surface area contributed by atoms with Gasteiger partial charge in [0.05, 0.1) is 17.6 Å². The van der Waals surface area contributed by atoms with E-state index in [1.54, 1.807) is 0 Å². The first kappa shape index (κ1) is 16.7. The van der Waals surface area contributed by atoms with Crippen LogP contribution in [0.25, 0.3) is 22.4 Å². The number of fused-ring (bicyclic) bond motifs is 1. The molecule has 0 spiro atoms. The van der Waals surface area contributed by atoms with E-state index in [-0.39, 0.29) is 0 Å². The van der Waals surface area contributed by atoms with Crippen LogP contribution >= 0.6 is 11.6 Å². The Morgan fingerprint density at radius 3 is 2.58 bits per heavy atom. The molecule has 0 aliphatic carbocycles. The van der Waals surface area contributed by atoms with Gasteiger partial charge in [0.2, 0.25) is 0 Å². The number of hydrogen-bond acceptors (Lipinski definition) is 2. The molecule has 130 valence electrons. The summed E-state index contributed by atoms with van der Waals surface area (Å²) < 4.78 is 8.11. The molecule has 0 saturated carbocycles. The van der Waals surface area contributed by atoms with Gasteiger partial charge < -0.3 is 9.30 Å². The highest BCUT2D eigenvalue weighted by molar-refractivity contribution is 6.30. The molecule has 0 unspecified atom stereocenters. The Hall–Kier alpha value is -2.78. The highest BCUT2D eigenvalue weighted by Gasteiger charge is 2.12. The second-order valence-corrected chi connectivity index (χ2v) is 6.68. The molecule has 0 N–H and O–H groups in total. The van der Waals surface area contributed by atoms with Gasteiger partial charge in [-0.1, -0.05) is 53.6 Å². The molecule has 0 amide bonds. The zero-order valence-corrected chi connectivity index (χ0v) is 15.3. The maximum absolute atomic E-state index is 6.18. The van der Waals surface area contributed by atoms with Gasteiger partial charge in [0, 0.05) is 10.6 Å². The van der Waals surface area contributed by atoms with Crippen LogP contribution in [0.15, 0.2) is 72.8 Å². The van der Waals surface area contributed by atoms with E-state index in [2.05, 4.69) is 29.7 Å². The van der Waals surface area contributed by atoms with Crippen molar-refractivity contribution in [3.63, 3.8) is 0 Å². The fourth-order valence-corrected chi connectivity index (χ4v) is 3.23. The van der Waals surface area contributed by atoms with Crippen LogP contribution in [0.2, 0.25) is 5.02 Å². The normalized spacial score (nSPS) is 11.0. The lowest BCUT2D eigenvalue weighted by Crippen LogP contribution is -2.09. The van der Waals surface area contributed by atoms with Crippen molar-refractivity contribution in [1.82, 2.24) is 9.55 Å². The van der Waals surface area contributed by atoms with Gasteiger partial charge in [-0.2, -0.15) is 0 Å². The summed E-state index contributed by atoms with van der Waals surface area (Å²) in [5.74, 6) is 1.78. The Morgan fingerprint density at radius 2 is 1.77 bits per heavy atom. The SMILES string of the molecule is Cc1ccc(OCCn2c(-c3cccc(Cl)c3)nc3ccccc32)cc1. The number of aromatic nitrogens is 2. The van der Waals surface area contributed by atoms with Crippen molar-refractivity contribution in [2.24, 2.45) is 0 Å². The van der Waals surface area contributed by atoms with E-state index in [1.807, 2.05) is 54.6 Å². The van der Waals surface area contributed by atoms with Gasteiger partial charge in [0.1, 0.15) is 18.2 Å². The Morgan fingerprint density at radius 1 is 0.962 bits per heavy atom. The van der Waals surface area contributed by atoms with Crippen molar-refractivity contribution in [2.75, 3.05) is 6.61 Å². The lowest BCUT2D eigenvalue weighted by Gasteiger charge is -2.11. The Kier molecular flexibility index (Phi) is 4.63. The zero-order chi connectivity index (χ0) is 17.9. The van der Waals surface area contributed by atoms with E-state index in [9.17, 15) is 0 Å². The van der Waals surface area contributed by atoms with Gasteiger partial charge in [-0.25, -0.2) is 4.98 Å². The predicted molar refractivity (Wildman–Crippen MR) is 107 cm³/mol. The molecular weight excluding hydrogens is 344 g/mol. The maximum Gasteiger partial charge on any atom is 0.141 e. The fraction of sp³-hybridized carbons (Fsp3) is 0.136. The minimum Gasteiger partial charge on any atom is -0.492 e. The smallest absolute Gasteiger partial charge is 0.141 e. The molecule has 3 nitrogen and oxygen atoms in total. The lowest BCUT2D eigenvalue weighted by molar-refractivity contribution is 0.301. The van der Waals surface area contributed by atoms with Crippen LogP contribution in [-0.4, -0.2) is 16.2 Å². The number of halogens is 1. The third-order valence-electron chi connectivity index (χ3n) is 4.34. The molecule has 0 saturated heterocycles. The van der Waals surface area contributed by atoms with Crippen molar-refractivity contribution in [1.29, 1.82) is 0 Å². The minimum absolute atomic E-state index is 0.566. The number of aryl methyl sites for hydroxylation is 1. The predicted octanol–water partition coefficient (Wildman–Crippen LogP) is 5.74. The first-order chi connectivity index (χ1) is 12.7. The number of benzene rings is 3. The summed E-state index contributed by atoms with van der Waals surface area (Å²) in [7, 11) is 0.